The number of hydrogen-bond acceptors (Lipinski definition) is 3. The van der Waals surface area contributed by atoms with Crippen LogP contribution in [0.1, 0.15) is 24.9 Å². The van der Waals surface area contributed by atoms with Crippen molar-refractivity contribution >= 4 is 27.5 Å². The highest BCUT2D eigenvalue weighted by atomic mass is 79.9. The van der Waals surface area contributed by atoms with Crippen molar-refractivity contribution < 1.29 is 4.74 Å². The average molecular weight is 362 g/mol. The average Bonchev–Trinajstić information content (AvgIpc) is 2.43. The van der Waals surface area contributed by atoms with E-state index < -0.39 is 0 Å². The first-order valence-electron chi connectivity index (χ1n) is 7.12. The molecule has 1 aliphatic rings. The molecular weight excluding hydrogens is 340 g/mol. The second-order valence-corrected chi connectivity index (χ2v) is 6.44. The minimum atomic E-state index is 0.132. The van der Waals surface area contributed by atoms with Crippen LogP contribution in [0.2, 0.25) is 5.02 Å². The number of morpholine rings is 1. The van der Waals surface area contributed by atoms with E-state index in [9.17, 15) is 0 Å². The summed E-state index contributed by atoms with van der Waals surface area (Å²) in [7, 11) is 1.96. The molecule has 1 aromatic rings. The van der Waals surface area contributed by atoms with Gasteiger partial charge in [-0.1, -0.05) is 34.5 Å². The SMILES string of the molecule is CCCN1CCOC(CNC)C1c1cc(Br)ccc1Cl. The second kappa shape index (κ2) is 7.76. The van der Waals surface area contributed by atoms with E-state index in [1.165, 1.54) is 0 Å². The van der Waals surface area contributed by atoms with E-state index in [0.29, 0.717) is 0 Å². The Morgan fingerprint density at radius 1 is 1.50 bits per heavy atom. The van der Waals surface area contributed by atoms with Crippen molar-refractivity contribution in [2.75, 3.05) is 33.3 Å². The first kappa shape index (κ1) is 16.2. The Morgan fingerprint density at radius 3 is 3.00 bits per heavy atom. The minimum Gasteiger partial charge on any atom is -0.374 e. The molecule has 0 saturated carbocycles. The molecule has 0 amide bonds. The highest BCUT2D eigenvalue weighted by Crippen LogP contribution is 2.35. The van der Waals surface area contributed by atoms with Gasteiger partial charge in [0.1, 0.15) is 0 Å². The number of nitrogens with zero attached hydrogens (tertiary/aromatic N) is 1. The zero-order valence-electron chi connectivity index (χ0n) is 12.0. The van der Waals surface area contributed by atoms with E-state index in [1.54, 1.807) is 0 Å². The molecule has 0 aliphatic carbocycles. The summed E-state index contributed by atoms with van der Waals surface area (Å²) in [5.74, 6) is 0. The Morgan fingerprint density at radius 2 is 2.30 bits per heavy atom. The molecule has 3 nitrogen and oxygen atoms in total. The molecule has 1 aliphatic heterocycles. The number of rotatable bonds is 5. The normalized spacial score (nSPS) is 24.0. The molecule has 0 aromatic heterocycles. The standard InChI is InChI=1S/C15H22BrClN2O/c1-3-6-19-7-8-20-14(10-18-2)15(19)12-9-11(16)4-5-13(12)17/h4-5,9,14-15,18H,3,6-8,10H2,1-2H3. The van der Waals surface area contributed by atoms with Gasteiger partial charge in [0, 0.05) is 22.6 Å². The molecule has 0 radical (unpaired) electrons. The van der Waals surface area contributed by atoms with Crippen molar-refractivity contribution in [2.45, 2.75) is 25.5 Å². The van der Waals surface area contributed by atoms with E-state index >= 15 is 0 Å². The number of halogens is 2. The molecule has 5 heteroatoms. The third-order valence-electron chi connectivity index (χ3n) is 3.65. The van der Waals surface area contributed by atoms with Gasteiger partial charge in [-0.3, -0.25) is 4.90 Å². The van der Waals surface area contributed by atoms with Crippen molar-refractivity contribution in [1.29, 1.82) is 0 Å². The predicted octanol–water partition coefficient (Wildman–Crippen LogP) is 3.47. The lowest BCUT2D eigenvalue weighted by Crippen LogP contribution is -2.49. The Hall–Kier alpha value is -0.130. The van der Waals surface area contributed by atoms with Crippen LogP contribution in [-0.4, -0.2) is 44.3 Å². The van der Waals surface area contributed by atoms with Gasteiger partial charge in [0.2, 0.25) is 0 Å². The number of nitrogens with one attached hydrogen (secondary N) is 1. The summed E-state index contributed by atoms with van der Waals surface area (Å²) < 4.78 is 7.04. The summed E-state index contributed by atoms with van der Waals surface area (Å²) in [6, 6.07) is 6.26. The molecule has 2 unspecified atom stereocenters. The minimum absolute atomic E-state index is 0.132. The van der Waals surface area contributed by atoms with E-state index in [2.05, 4.69) is 39.1 Å². The molecule has 1 heterocycles. The summed E-state index contributed by atoms with van der Waals surface area (Å²) in [6.07, 6.45) is 1.26. The molecular formula is C15H22BrClN2O. The maximum Gasteiger partial charge on any atom is 0.0896 e. The maximum absolute atomic E-state index is 6.44. The molecule has 1 fully saturated rings. The third kappa shape index (κ3) is 3.74. The molecule has 1 aromatic carbocycles. The Bertz CT molecular complexity index is 426. The molecule has 1 saturated heterocycles. The van der Waals surface area contributed by atoms with Crippen molar-refractivity contribution in [2.24, 2.45) is 0 Å². The molecule has 1 N–H and O–H groups in total. The summed E-state index contributed by atoms with van der Waals surface area (Å²) >= 11 is 9.98. The van der Waals surface area contributed by atoms with Gasteiger partial charge in [0.15, 0.2) is 0 Å². The number of likely N-dealkylation sites (N-methyl/N-ethyl adjacent to an activating group) is 1. The second-order valence-electron chi connectivity index (χ2n) is 5.11. The van der Waals surface area contributed by atoms with Crippen LogP contribution in [0.5, 0.6) is 0 Å². The number of benzene rings is 1. The lowest BCUT2D eigenvalue weighted by atomic mass is 9.97. The maximum atomic E-state index is 6.44. The van der Waals surface area contributed by atoms with Crippen LogP contribution in [0, 0.1) is 0 Å². The van der Waals surface area contributed by atoms with E-state index in [1.807, 2.05) is 19.2 Å². The Balaban J connectivity index is 2.34. The fraction of sp³-hybridized carbons (Fsp3) is 0.600. The number of ether oxygens (including phenoxy) is 1. The van der Waals surface area contributed by atoms with Crippen LogP contribution in [0.4, 0.5) is 0 Å². The first-order valence-corrected chi connectivity index (χ1v) is 8.29. The molecule has 0 bridgehead atoms. The summed E-state index contributed by atoms with van der Waals surface area (Å²) in [5, 5.41) is 4.04. The zero-order valence-corrected chi connectivity index (χ0v) is 14.4. The molecule has 112 valence electrons. The zero-order chi connectivity index (χ0) is 14.5. The lowest BCUT2D eigenvalue weighted by Gasteiger charge is -2.42. The van der Waals surface area contributed by atoms with Crippen LogP contribution in [0.15, 0.2) is 22.7 Å². The quantitative estimate of drug-likeness (QED) is 0.869. The van der Waals surface area contributed by atoms with Gasteiger partial charge in [0.05, 0.1) is 18.8 Å². The molecule has 2 rings (SSSR count). The Kier molecular flexibility index (Phi) is 6.30. The van der Waals surface area contributed by atoms with E-state index in [-0.39, 0.29) is 12.1 Å². The van der Waals surface area contributed by atoms with Crippen LogP contribution < -0.4 is 5.32 Å². The topological polar surface area (TPSA) is 24.5 Å². The third-order valence-corrected chi connectivity index (χ3v) is 4.49. The smallest absolute Gasteiger partial charge is 0.0896 e. The molecule has 2 atom stereocenters. The molecule has 20 heavy (non-hydrogen) atoms. The summed E-state index contributed by atoms with van der Waals surface area (Å²) in [5.41, 5.74) is 1.15. The van der Waals surface area contributed by atoms with Gasteiger partial charge in [0.25, 0.3) is 0 Å². The highest BCUT2D eigenvalue weighted by molar-refractivity contribution is 9.10. The van der Waals surface area contributed by atoms with Gasteiger partial charge in [-0.2, -0.15) is 0 Å². The van der Waals surface area contributed by atoms with Gasteiger partial charge in [-0.25, -0.2) is 0 Å². The van der Waals surface area contributed by atoms with Crippen LogP contribution >= 0.6 is 27.5 Å². The van der Waals surface area contributed by atoms with Gasteiger partial charge in [-0.15, -0.1) is 0 Å². The van der Waals surface area contributed by atoms with Crippen LogP contribution in [-0.2, 0) is 4.74 Å². The fourth-order valence-corrected chi connectivity index (χ4v) is 3.44. The fourth-order valence-electron chi connectivity index (χ4n) is 2.83. The van der Waals surface area contributed by atoms with Gasteiger partial charge in [-0.05, 0) is 43.8 Å². The number of hydrogen-bond donors (Lipinski definition) is 1. The van der Waals surface area contributed by atoms with Crippen molar-refractivity contribution in [3.8, 4) is 0 Å². The summed E-state index contributed by atoms with van der Waals surface area (Å²) in [4.78, 5) is 2.49. The Labute approximate surface area is 134 Å². The van der Waals surface area contributed by atoms with E-state index in [4.69, 9.17) is 16.3 Å². The van der Waals surface area contributed by atoms with Crippen molar-refractivity contribution in [3.63, 3.8) is 0 Å². The van der Waals surface area contributed by atoms with Gasteiger partial charge >= 0.3 is 0 Å². The molecule has 0 spiro atoms. The monoisotopic (exact) mass is 360 g/mol. The largest absolute Gasteiger partial charge is 0.374 e. The van der Waals surface area contributed by atoms with Crippen LogP contribution in [0.25, 0.3) is 0 Å². The predicted molar refractivity (Wildman–Crippen MR) is 87.4 cm³/mol. The van der Waals surface area contributed by atoms with Gasteiger partial charge < -0.3 is 10.1 Å². The van der Waals surface area contributed by atoms with E-state index in [0.717, 1.165) is 47.7 Å². The van der Waals surface area contributed by atoms with Crippen LogP contribution in [0.3, 0.4) is 0 Å². The van der Waals surface area contributed by atoms with Crippen molar-refractivity contribution in [3.05, 3.63) is 33.3 Å². The highest BCUT2D eigenvalue weighted by Gasteiger charge is 2.34. The van der Waals surface area contributed by atoms with Crippen molar-refractivity contribution in [1.82, 2.24) is 10.2 Å². The lowest BCUT2D eigenvalue weighted by molar-refractivity contribution is -0.0704. The first-order chi connectivity index (χ1) is 9.67. The summed E-state index contributed by atoms with van der Waals surface area (Å²) in [6.45, 7) is 5.85.